The molecule has 0 saturated heterocycles. The van der Waals surface area contributed by atoms with Crippen LogP contribution in [0.1, 0.15) is 40.4 Å². The number of nitrogens with one attached hydrogen (secondary N) is 1. The summed E-state index contributed by atoms with van der Waals surface area (Å²) in [7, 11) is 0. The molecule has 2 aromatic rings. The number of halogens is 2. The standard InChI is InChI=1S/C20H18Cl2N2O3/c1-11-8-13(21)17(14(22)9-11)18-16(25)10-12(19(18)26)5-7-24-20(27)15-4-2-3-6-23-15/h2-4,6,8-9,12,18H,5,7,10H2,1H3,(H,24,27). The van der Waals surface area contributed by atoms with Crippen molar-refractivity contribution in [1.29, 1.82) is 0 Å². The number of carbonyl (C=O) groups excluding carboxylic acids is 3. The number of benzene rings is 1. The third-order valence-corrected chi connectivity index (χ3v) is 5.27. The van der Waals surface area contributed by atoms with Crippen LogP contribution in [0.5, 0.6) is 0 Å². The van der Waals surface area contributed by atoms with Crippen molar-refractivity contribution in [2.45, 2.75) is 25.7 Å². The van der Waals surface area contributed by atoms with Crippen molar-refractivity contribution in [1.82, 2.24) is 10.3 Å². The summed E-state index contributed by atoms with van der Waals surface area (Å²) in [5.74, 6) is -2.08. The summed E-state index contributed by atoms with van der Waals surface area (Å²) in [5, 5.41) is 3.39. The van der Waals surface area contributed by atoms with Crippen LogP contribution >= 0.6 is 23.2 Å². The van der Waals surface area contributed by atoms with Gasteiger partial charge >= 0.3 is 0 Å². The second-order valence-corrected chi connectivity index (χ2v) is 7.42. The summed E-state index contributed by atoms with van der Waals surface area (Å²) in [6, 6.07) is 8.45. The second kappa shape index (κ2) is 8.19. The zero-order valence-corrected chi connectivity index (χ0v) is 16.2. The molecular weight excluding hydrogens is 387 g/mol. The van der Waals surface area contributed by atoms with Gasteiger partial charge in [0.2, 0.25) is 0 Å². The number of nitrogens with zero attached hydrogens (tertiary/aromatic N) is 1. The van der Waals surface area contributed by atoms with Gasteiger partial charge in [0.1, 0.15) is 17.4 Å². The molecule has 27 heavy (non-hydrogen) atoms. The van der Waals surface area contributed by atoms with Gasteiger partial charge in [0.05, 0.1) is 0 Å². The van der Waals surface area contributed by atoms with Crippen molar-refractivity contribution >= 4 is 40.7 Å². The minimum Gasteiger partial charge on any atom is -0.351 e. The molecule has 1 N–H and O–H groups in total. The first-order valence-corrected chi connectivity index (χ1v) is 9.35. The van der Waals surface area contributed by atoms with E-state index in [1.54, 1.807) is 30.3 Å². The van der Waals surface area contributed by atoms with E-state index in [-0.39, 0.29) is 30.4 Å². The van der Waals surface area contributed by atoms with Gasteiger partial charge in [0.25, 0.3) is 5.91 Å². The van der Waals surface area contributed by atoms with Crippen molar-refractivity contribution in [2.75, 3.05) is 6.54 Å². The number of ketones is 2. The average Bonchev–Trinajstić information content (AvgIpc) is 2.89. The van der Waals surface area contributed by atoms with Gasteiger partial charge in [-0.1, -0.05) is 29.3 Å². The SMILES string of the molecule is Cc1cc(Cl)c(C2C(=O)CC(CCNC(=O)c3ccccn3)C2=O)c(Cl)c1. The number of rotatable bonds is 5. The molecule has 140 valence electrons. The summed E-state index contributed by atoms with van der Waals surface area (Å²) in [6.07, 6.45) is 2.04. The normalized spacial score (nSPS) is 19.4. The molecule has 2 atom stereocenters. The summed E-state index contributed by atoms with van der Waals surface area (Å²) in [5.41, 5.74) is 1.56. The fraction of sp³-hybridized carbons (Fsp3) is 0.300. The van der Waals surface area contributed by atoms with Gasteiger partial charge < -0.3 is 5.32 Å². The first-order valence-electron chi connectivity index (χ1n) is 8.59. The van der Waals surface area contributed by atoms with Crippen LogP contribution in [0.3, 0.4) is 0 Å². The number of aryl methyl sites for hydroxylation is 1. The maximum absolute atomic E-state index is 12.8. The van der Waals surface area contributed by atoms with E-state index in [1.165, 1.54) is 6.20 Å². The first kappa shape index (κ1) is 19.5. The summed E-state index contributed by atoms with van der Waals surface area (Å²) >= 11 is 12.5. The molecule has 1 heterocycles. The van der Waals surface area contributed by atoms with Gasteiger partial charge in [-0.05, 0) is 43.2 Å². The number of amides is 1. The van der Waals surface area contributed by atoms with Crippen molar-refractivity contribution in [3.05, 3.63) is 63.4 Å². The Morgan fingerprint density at radius 1 is 1.22 bits per heavy atom. The predicted octanol–water partition coefficient (Wildman–Crippen LogP) is 3.76. The third-order valence-electron chi connectivity index (χ3n) is 4.64. The molecule has 1 aliphatic carbocycles. The Morgan fingerprint density at radius 3 is 2.56 bits per heavy atom. The number of Topliss-reactive ketones (excluding diaryl/α,β-unsaturated/α-hetero) is 2. The number of hydrogen-bond donors (Lipinski definition) is 1. The van der Waals surface area contributed by atoms with Crippen LogP contribution < -0.4 is 5.32 Å². The Hall–Kier alpha value is -2.24. The highest BCUT2D eigenvalue weighted by Crippen LogP contribution is 2.40. The predicted molar refractivity (Wildman–Crippen MR) is 103 cm³/mol. The number of aromatic nitrogens is 1. The molecular formula is C20H18Cl2N2O3. The van der Waals surface area contributed by atoms with Crippen molar-refractivity contribution in [3.8, 4) is 0 Å². The lowest BCUT2D eigenvalue weighted by molar-refractivity contribution is -0.124. The van der Waals surface area contributed by atoms with Gasteiger partial charge in [-0.25, -0.2) is 0 Å². The van der Waals surface area contributed by atoms with E-state index in [1.807, 2.05) is 6.92 Å². The van der Waals surface area contributed by atoms with Crippen molar-refractivity contribution < 1.29 is 14.4 Å². The zero-order valence-electron chi connectivity index (χ0n) is 14.7. The molecule has 1 aromatic heterocycles. The highest BCUT2D eigenvalue weighted by Gasteiger charge is 2.43. The molecule has 1 fully saturated rings. The summed E-state index contributed by atoms with van der Waals surface area (Å²) in [4.78, 5) is 41.2. The van der Waals surface area contributed by atoms with E-state index in [9.17, 15) is 14.4 Å². The van der Waals surface area contributed by atoms with Gasteiger partial charge in [-0.15, -0.1) is 0 Å². The molecule has 0 aliphatic heterocycles. The van der Waals surface area contributed by atoms with Crippen LogP contribution in [-0.2, 0) is 9.59 Å². The summed E-state index contributed by atoms with van der Waals surface area (Å²) in [6.45, 7) is 2.12. The molecule has 3 rings (SSSR count). The fourth-order valence-electron chi connectivity index (χ4n) is 3.34. The maximum Gasteiger partial charge on any atom is 0.269 e. The van der Waals surface area contributed by atoms with Crippen molar-refractivity contribution in [2.24, 2.45) is 5.92 Å². The lowest BCUT2D eigenvalue weighted by Gasteiger charge is -2.14. The van der Waals surface area contributed by atoms with E-state index in [2.05, 4.69) is 10.3 Å². The highest BCUT2D eigenvalue weighted by molar-refractivity contribution is 6.37. The van der Waals surface area contributed by atoms with Crippen molar-refractivity contribution in [3.63, 3.8) is 0 Å². The van der Waals surface area contributed by atoms with E-state index in [4.69, 9.17) is 23.2 Å². The van der Waals surface area contributed by atoms with Crippen LogP contribution in [-0.4, -0.2) is 29.0 Å². The quantitative estimate of drug-likeness (QED) is 0.769. The fourth-order valence-corrected chi connectivity index (χ4v) is 4.15. The molecule has 1 amide bonds. The lowest BCUT2D eigenvalue weighted by Crippen LogP contribution is -2.27. The van der Waals surface area contributed by atoms with E-state index >= 15 is 0 Å². The van der Waals surface area contributed by atoms with E-state index in [0.717, 1.165) is 5.56 Å². The molecule has 7 heteroatoms. The molecule has 0 radical (unpaired) electrons. The number of hydrogen-bond acceptors (Lipinski definition) is 4. The van der Waals surface area contributed by atoms with Gasteiger partial charge in [-0.3, -0.25) is 19.4 Å². The summed E-state index contributed by atoms with van der Waals surface area (Å²) < 4.78 is 0. The molecule has 5 nitrogen and oxygen atoms in total. The van der Waals surface area contributed by atoms with Gasteiger partial charge in [-0.2, -0.15) is 0 Å². The molecule has 1 saturated carbocycles. The smallest absolute Gasteiger partial charge is 0.269 e. The monoisotopic (exact) mass is 404 g/mol. The molecule has 1 aromatic carbocycles. The second-order valence-electron chi connectivity index (χ2n) is 6.60. The van der Waals surface area contributed by atoms with E-state index < -0.39 is 11.8 Å². The topological polar surface area (TPSA) is 76.1 Å². The minimum absolute atomic E-state index is 0.128. The average molecular weight is 405 g/mol. The van der Waals surface area contributed by atoms with E-state index in [0.29, 0.717) is 27.7 Å². The van der Waals surface area contributed by atoms with Gasteiger partial charge in [0, 0.05) is 40.7 Å². The molecule has 1 aliphatic rings. The maximum atomic E-state index is 12.8. The van der Waals surface area contributed by atoms with Crippen LogP contribution in [0.25, 0.3) is 0 Å². The van der Waals surface area contributed by atoms with Crippen LogP contribution in [0.2, 0.25) is 10.0 Å². The largest absolute Gasteiger partial charge is 0.351 e. The van der Waals surface area contributed by atoms with Crippen LogP contribution in [0.4, 0.5) is 0 Å². The molecule has 0 bridgehead atoms. The number of carbonyl (C=O) groups is 3. The minimum atomic E-state index is -0.929. The van der Waals surface area contributed by atoms with Crippen LogP contribution in [0, 0.1) is 12.8 Å². The Labute approximate surface area is 167 Å². The Kier molecular flexibility index (Phi) is 5.92. The number of pyridine rings is 1. The molecule has 2 unspecified atom stereocenters. The Morgan fingerprint density at radius 2 is 1.93 bits per heavy atom. The van der Waals surface area contributed by atoms with Crippen LogP contribution in [0.15, 0.2) is 36.5 Å². The zero-order chi connectivity index (χ0) is 19.6. The lowest BCUT2D eigenvalue weighted by atomic mass is 9.92. The first-order chi connectivity index (χ1) is 12.9. The van der Waals surface area contributed by atoms with Gasteiger partial charge in [0.15, 0.2) is 5.78 Å². The Balaban J connectivity index is 1.66. The Bertz CT molecular complexity index is 876. The highest BCUT2D eigenvalue weighted by atomic mass is 35.5. The third kappa shape index (κ3) is 4.20. The molecule has 0 spiro atoms.